The van der Waals surface area contributed by atoms with E-state index < -0.39 is 11.6 Å². The second-order valence-electron chi connectivity index (χ2n) is 6.39. The molecule has 4 rings (SSSR count). The second-order valence-corrected chi connectivity index (χ2v) is 6.39. The van der Waals surface area contributed by atoms with E-state index in [-0.39, 0.29) is 34.5 Å². The standard InChI is InChI=1S/C20H15F2N3O3/c1-23-16-8-12(5-6-14(16)21)28-20-13(10-26)19-17(9-15(20)22)25(11-24-19)18-4-2-3-7-27-18/h5-6,8-11,18H,2-4,7H2. The van der Waals surface area contributed by atoms with E-state index in [1.54, 1.807) is 4.57 Å². The largest absolute Gasteiger partial charge is 0.455 e. The summed E-state index contributed by atoms with van der Waals surface area (Å²) in [5.74, 6) is -1.75. The number of fused-ring (bicyclic) bond motifs is 1. The minimum atomic E-state index is -0.763. The maximum atomic E-state index is 14.8. The summed E-state index contributed by atoms with van der Waals surface area (Å²) in [5.41, 5.74) is 0.400. The van der Waals surface area contributed by atoms with Gasteiger partial charge >= 0.3 is 0 Å². The number of aromatic nitrogens is 2. The maximum absolute atomic E-state index is 14.8. The number of imidazole rings is 1. The second kappa shape index (κ2) is 7.37. The number of ether oxygens (including phenoxy) is 2. The molecule has 1 aliphatic heterocycles. The molecule has 2 aromatic carbocycles. The van der Waals surface area contributed by atoms with Gasteiger partial charge in [-0.3, -0.25) is 4.79 Å². The molecule has 1 aliphatic rings. The van der Waals surface area contributed by atoms with Crippen molar-refractivity contribution in [2.75, 3.05) is 6.61 Å². The monoisotopic (exact) mass is 383 g/mol. The summed E-state index contributed by atoms with van der Waals surface area (Å²) in [6.45, 7) is 7.58. The van der Waals surface area contributed by atoms with E-state index in [0.717, 1.165) is 31.4 Å². The fraction of sp³-hybridized carbons (Fsp3) is 0.250. The molecule has 1 aromatic heterocycles. The molecule has 8 heteroatoms. The Morgan fingerprint density at radius 3 is 2.86 bits per heavy atom. The van der Waals surface area contributed by atoms with Gasteiger partial charge in [-0.25, -0.2) is 18.6 Å². The molecule has 0 saturated carbocycles. The van der Waals surface area contributed by atoms with Crippen LogP contribution in [0, 0.1) is 18.2 Å². The first-order chi connectivity index (χ1) is 13.6. The Balaban J connectivity index is 1.78. The first-order valence-electron chi connectivity index (χ1n) is 8.73. The Morgan fingerprint density at radius 1 is 1.29 bits per heavy atom. The van der Waals surface area contributed by atoms with Crippen molar-refractivity contribution in [1.82, 2.24) is 9.55 Å². The van der Waals surface area contributed by atoms with Gasteiger partial charge in [-0.05, 0) is 37.5 Å². The number of rotatable bonds is 4. The highest BCUT2D eigenvalue weighted by atomic mass is 19.1. The normalized spacial score (nSPS) is 16.7. The quantitative estimate of drug-likeness (QED) is 0.461. The van der Waals surface area contributed by atoms with Gasteiger partial charge in [-0.2, -0.15) is 0 Å². The van der Waals surface area contributed by atoms with E-state index in [1.807, 2.05) is 0 Å². The molecular weight excluding hydrogens is 368 g/mol. The molecule has 1 atom stereocenters. The molecule has 0 bridgehead atoms. The van der Waals surface area contributed by atoms with Crippen molar-refractivity contribution in [3.05, 3.63) is 59.2 Å². The molecule has 1 unspecified atom stereocenters. The Labute approximate surface area is 159 Å². The lowest BCUT2D eigenvalue weighted by Crippen LogP contribution is -2.17. The number of halogens is 2. The van der Waals surface area contributed by atoms with Crippen LogP contribution in [-0.4, -0.2) is 22.4 Å². The number of carbonyl (C=O) groups excluding carboxylic acids is 1. The molecule has 1 fully saturated rings. The Bertz CT molecular complexity index is 1100. The van der Waals surface area contributed by atoms with Gasteiger partial charge in [-0.1, -0.05) is 0 Å². The Hall–Kier alpha value is -3.31. The van der Waals surface area contributed by atoms with E-state index >= 15 is 0 Å². The van der Waals surface area contributed by atoms with Crippen LogP contribution in [0.5, 0.6) is 11.5 Å². The smallest absolute Gasteiger partial charge is 0.225 e. The van der Waals surface area contributed by atoms with E-state index in [0.29, 0.717) is 18.4 Å². The van der Waals surface area contributed by atoms with Gasteiger partial charge in [0.2, 0.25) is 5.69 Å². The van der Waals surface area contributed by atoms with Crippen molar-refractivity contribution in [1.29, 1.82) is 0 Å². The molecule has 0 N–H and O–H groups in total. The molecule has 1 saturated heterocycles. The van der Waals surface area contributed by atoms with Crippen molar-refractivity contribution in [3.8, 4) is 11.5 Å². The third-order valence-electron chi connectivity index (χ3n) is 4.65. The van der Waals surface area contributed by atoms with Gasteiger partial charge < -0.3 is 14.0 Å². The molecule has 0 spiro atoms. The molecule has 0 radical (unpaired) electrons. The number of nitrogens with zero attached hydrogens (tertiary/aromatic N) is 3. The van der Waals surface area contributed by atoms with Crippen LogP contribution in [0.15, 0.2) is 30.6 Å². The summed E-state index contributed by atoms with van der Waals surface area (Å²) in [4.78, 5) is 19.0. The molecule has 2 heterocycles. The fourth-order valence-corrected chi connectivity index (χ4v) is 3.29. The van der Waals surface area contributed by atoms with E-state index in [1.165, 1.54) is 18.5 Å². The number of hydrogen-bond acceptors (Lipinski definition) is 4. The predicted octanol–water partition coefficient (Wildman–Crippen LogP) is 5.17. The van der Waals surface area contributed by atoms with Crippen LogP contribution < -0.4 is 4.74 Å². The zero-order valence-corrected chi connectivity index (χ0v) is 14.7. The van der Waals surface area contributed by atoms with Crippen molar-refractivity contribution < 1.29 is 23.0 Å². The molecule has 6 nitrogen and oxygen atoms in total. The zero-order valence-electron chi connectivity index (χ0n) is 14.7. The number of carbonyl (C=O) groups is 1. The summed E-state index contributed by atoms with van der Waals surface area (Å²) >= 11 is 0. The average Bonchev–Trinajstić information content (AvgIpc) is 3.13. The lowest BCUT2D eigenvalue weighted by atomic mass is 10.1. The van der Waals surface area contributed by atoms with Gasteiger partial charge in [0.25, 0.3) is 0 Å². The van der Waals surface area contributed by atoms with Crippen molar-refractivity contribution in [2.24, 2.45) is 0 Å². The topological polar surface area (TPSA) is 57.7 Å². The van der Waals surface area contributed by atoms with Gasteiger partial charge in [0.1, 0.15) is 23.3 Å². The summed E-state index contributed by atoms with van der Waals surface area (Å²) < 4.78 is 41.3. The number of hydrogen-bond donors (Lipinski definition) is 0. The first kappa shape index (κ1) is 18.1. The molecule has 0 amide bonds. The van der Waals surface area contributed by atoms with Crippen LogP contribution in [0.2, 0.25) is 0 Å². The van der Waals surface area contributed by atoms with Crippen molar-refractivity contribution in [3.63, 3.8) is 0 Å². The maximum Gasteiger partial charge on any atom is 0.225 e. The van der Waals surface area contributed by atoms with E-state index in [2.05, 4.69) is 9.83 Å². The zero-order chi connectivity index (χ0) is 19.7. The first-order valence-corrected chi connectivity index (χ1v) is 8.73. The summed E-state index contributed by atoms with van der Waals surface area (Å²) in [7, 11) is 0. The minimum absolute atomic E-state index is 0.0452. The number of benzene rings is 2. The number of aldehydes is 1. The summed E-state index contributed by atoms with van der Waals surface area (Å²) in [6, 6.07) is 4.70. The van der Waals surface area contributed by atoms with Gasteiger partial charge in [-0.15, -0.1) is 0 Å². The highest BCUT2D eigenvalue weighted by Gasteiger charge is 2.23. The van der Waals surface area contributed by atoms with Crippen molar-refractivity contribution >= 4 is 23.0 Å². The Kier molecular flexibility index (Phi) is 4.75. The molecule has 142 valence electrons. The summed E-state index contributed by atoms with van der Waals surface area (Å²) in [6.07, 6.45) is 4.46. The van der Waals surface area contributed by atoms with Crippen LogP contribution in [0.4, 0.5) is 14.5 Å². The SMILES string of the molecule is [C-]#[N+]c1cc(Oc2c(F)cc3c(ncn3C3CCCCO3)c2C=O)ccc1F. The highest BCUT2D eigenvalue weighted by molar-refractivity contribution is 5.97. The van der Waals surface area contributed by atoms with E-state index in [4.69, 9.17) is 16.0 Å². The van der Waals surface area contributed by atoms with E-state index in [9.17, 15) is 13.6 Å². The van der Waals surface area contributed by atoms with Crippen molar-refractivity contribution in [2.45, 2.75) is 25.5 Å². The third-order valence-corrected chi connectivity index (χ3v) is 4.65. The van der Waals surface area contributed by atoms with Crippen LogP contribution in [0.3, 0.4) is 0 Å². The molecular formula is C20H15F2N3O3. The Morgan fingerprint density at radius 2 is 2.14 bits per heavy atom. The van der Waals surface area contributed by atoms with Crippen LogP contribution in [0.1, 0.15) is 35.8 Å². The van der Waals surface area contributed by atoms with Crippen LogP contribution in [-0.2, 0) is 4.74 Å². The van der Waals surface area contributed by atoms with Gasteiger partial charge in [0.05, 0.1) is 24.0 Å². The minimum Gasteiger partial charge on any atom is -0.455 e. The van der Waals surface area contributed by atoms with Gasteiger partial charge in [0, 0.05) is 12.7 Å². The van der Waals surface area contributed by atoms with Gasteiger partial charge in [0.15, 0.2) is 17.9 Å². The molecule has 3 aromatic rings. The third kappa shape index (κ3) is 3.10. The lowest BCUT2D eigenvalue weighted by molar-refractivity contribution is -0.0295. The molecule has 28 heavy (non-hydrogen) atoms. The fourth-order valence-electron chi connectivity index (χ4n) is 3.29. The molecule has 0 aliphatic carbocycles. The predicted molar refractivity (Wildman–Crippen MR) is 96.7 cm³/mol. The van der Waals surface area contributed by atoms with Crippen LogP contribution in [0.25, 0.3) is 15.9 Å². The van der Waals surface area contributed by atoms with Crippen LogP contribution >= 0.6 is 0 Å². The lowest BCUT2D eigenvalue weighted by Gasteiger charge is -2.24. The average molecular weight is 383 g/mol. The summed E-state index contributed by atoms with van der Waals surface area (Å²) in [5, 5.41) is 0. The highest BCUT2D eigenvalue weighted by Crippen LogP contribution is 2.36.